The third-order valence-corrected chi connectivity index (χ3v) is 3.59. The highest BCUT2D eigenvalue weighted by molar-refractivity contribution is 9.10. The molecule has 21 heavy (non-hydrogen) atoms. The van der Waals surface area contributed by atoms with Gasteiger partial charge >= 0.3 is 5.97 Å². The highest BCUT2D eigenvalue weighted by atomic mass is 79.9. The first-order valence-corrected chi connectivity index (χ1v) is 7.09. The Morgan fingerprint density at radius 2 is 1.81 bits per heavy atom. The van der Waals surface area contributed by atoms with Crippen molar-refractivity contribution in [3.05, 3.63) is 22.2 Å². The van der Waals surface area contributed by atoms with Crippen LogP contribution in [0.2, 0.25) is 0 Å². The van der Waals surface area contributed by atoms with Gasteiger partial charge < -0.3 is 18.9 Å². The number of halogens is 1. The third-order valence-electron chi connectivity index (χ3n) is 2.91. The van der Waals surface area contributed by atoms with Crippen LogP contribution in [0.5, 0.6) is 11.5 Å². The molecule has 0 aliphatic carbocycles. The number of ether oxygens (including phenoxy) is 4. The van der Waals surface area contributed by atoms with E-state index in [1.807, 2.05) is 0 Å². The maximum atomic E-state index is 12.0. The molecule has 0 saturated heterocycles. The van der Waals surface area contributed by atoms with E-state index in [0.717, 1.165) is 4.47 Å². The SMILES string of the molecule is COCCNC(C(=O)OC)c1cc(OC)c(OC)cc1Br. The molecule has 0 saturated carbocycles. The number of hydrogen-bond donors (Lipinski definition) is 1. The molecule has 0 aliphatic heterocycles. The molecule has 0 aromatic heterocycles. The normalized spacial score (nSPS) is 11.9. The summed E-state index contributed by atoms with van der Waals surface area (Å²) >= 11 is 3.44. The quantitative estimate of drug-likeness (QED) is 0.563. The first kappa shape index (κ1) is 17.7. The van der Waals surface area contributed by atoms with Gasteiger partial charge in [-0.2, -0.15) is 0 Å². The van der Waals surface area contributed by atoms with Crippen LogP contribution in [-0.2, 0) is 14.3 Å². The van der Waals surface area contributed by atoms with Gasteiger partial charge in [0.25, 0.3) is 0 Å². The second-order valence-corrected chi connectivity index (χ2v) is 4.99. The average Bonchev–Trinajstić information content (AvgIpc) is 2.51. The largest absolute Gasteiger partial charge is 0.493 e. The number of carbonyl (C=O) groups is 1. The minimum atomic E-state index is -0.626. The minimum Gasteiger partial charge on any atom is -0.493 e. The second-order valence-electron chi connectivity index (χ2n) is 4.13. The molecule has 1 aromatic carbocycles. The van der Waals surface area contributed by atoms with Crippen LogP contribution in [0.1, 0.15) is 11.6 Å². The van der Waals surface area contributed by atoms with Gasteiger partial charge in [0.15, 0.2) is 11.5 Å². The Hall–Kier alpha value is -1.31. The summed E-state index contributed by atoms with van der Waals surface area (Å²) in [4.78, 5) is 12.0. The third kappa shape index (κ3) is 4.59. The molecule has 1 unspecified atom stereocenters. The Balaban J connectivity index is 3.13. The summed E-state index contributed by atoms with van der Waals surface area (Å²) in [6, 6.07) is 2.87. The van der Waals surface area contributed by atoms with Gasteiger partial charge in [0.2, 0.25) is 0 Å². The predicted octanol–water partition coefficient (Wildman–Crippen LogP) is 1.92. The summed E-state index contributed by atoms with van der Waals surface area (Å²) in [6.45, 7) is 0.995. The highest BCUT2D eigenvalue weighted by Crippen LogP contribution is 2.36. The summed E-state index contributed by atoms with van der Waals surface area (Å²) in [7, 11) is 6.04. The summed E-state index contributed by atoms with van der Waals surface area (Å²) < 4.78 is 21.0. The Kier molecular flexibility index (Phi) is 7.49. The first-order valence-electron chi connectivity index (χ1n) is 6.30. The molecule has 0 amide bonds. The molecule has 0 radical (unpaired) electrons. The van der Waals surface area contributed by atoms with Crippen molar-refractivity contribution in [3.8, 4) is 11.5 Å². The molecule has 1 N–H and O–H groups in total. The Labute approximate surface area is 132 Å². The molecule has 1 atom stereocenters. The Bertz CT molecular complexity index is 481. The maximum Gasteiger partial charge on any atom is 0.327 e. The van der Waals surface area contributed by atoms with Crippen LogP contribution in [0.25, 0.3) is 0 Å². The van der Waals surface area contributed by atoms with Crippen molar-refractivity contribution in [1.29, 1.82) is 0 Å². The van der Waals surface area contributed by atoms with Crippen molar-refractivity contribution in [1.82, 2.24) is 5.32 Å². The number of nitrogens with one attached hydrogen (secondary N) is 1. The number of carbonyl (C=O) groups excluding carboxylic acids is 1. The Morgan fingerprint density at radius 3 is 2.33 bits per heavy atom. The van der Waals surface area contributed by atoms with Crippen molar-refractivity contribution in [2.45, 2.75) is 6.04 Å². The smallest absolute Gasteiger partial charge is 0.327 e. The molecular weight excluding hydrogens is 342 g/mol. The molecule has 0 aliphatic rings. The number of hydrogen-bond acceptors (Lipinski definition) is 6. The van der Waals surface area contributed by atoms with Gasteiger partial charge in [-0.25, -0.2) is 4.79 Å². The van der Waals surface area contributed by atoms with E-state index in [2.05, 4.69) is 21.2 Å². The van der Waals surface area contributed by atoms with E-state index in [1.54, 1.807) is 33.5 Å². The van der Waals surface area contributed by atoms with Crippen LogP contribution in [-0.4, -0.2) is 47.6 Å². The zero-order chi connectivity index (χ0) is 15.8. The van der Waals surface area contributed by atoms with E-state index < -0.39 is 6.04 Å². The zero-order valence-electron chi connectivity index (χ0n) is 12.6. The van der Waals surface area contributed by atoms with E-state index in [0.29, 0.717) is 30.2 Å². The fourth-order valence-electron chi connectivity index (χ4n) is 1.83. The topological polar surface area (TPSA) is 66.0 Å². The molecule has 1 aromatic rings. The van der Waals surface area contributed by atoms with E-state index in [9.17, 15) is 4.79 Å². The lowest BCUT2D eigenvalue weighted by Crippen LogP contribution is -2.32. The van der Waals surface area contributed by atoms with Gasteiger partial charge in [-0.05, 0) is 17.7 Å². The van der Waals surface area contributed by atoms with Crippen molar-refractivity contribution in [2.75, 3.05) is 41.6 Å². The molecule has 0 spiro atoms. The van der Waals surface area contributed by atoms with Gasteiger partial charge in [-0.1, -0.05) is 15.9 Å². The van der Waals surface area contributed by atoms with Gasteiger partial charge in [0.05, 0.1) is 27.9 Å². The van der Waals surface area contributed by atoms with Crippen molar-refractivity contribution < 1.29 is 23.7 Å². The van der Waals surface area contributed by atoms with Crippen molar-refractivity contribution >= 4 is 21.9 Å². The van der Waals surface area contributed by atoms with E-state index in [1.165, 1.54) is 7.11 Å². The van der Waals surface area contributed by atoms with E-state index in [4.69, 9.17) is 18.9 Å². The van der Waals surface area contributed by atoms with Gasteiger partial charge in [0.1, 0.15) is 6.04 Å². The number of esters is 1. The lowest BCUT2D eigenvalue weighted by molar-refractivity contribution is -0.143. The van der Waals surface area contributed by atoms with Crippen LogP contribution in [0.3, 0.4) is 0 Å². The maximum absolute atomic E-state index is 12.0. The fourth-order valence-corrected chi connectivity index (χ4v) is 2.39. The average molecular weight is 362 g/mol. The second kappa shape index (κ2) is 8.86. The lowest BCUT2D eigenvalue weighted by Gasteiger charge is -2.20. The zero-order valence-corrected chi connectivity index (χ0v) is 14.2. The molecular formula is C14H20BrNO5. The standard InChI is InChI=1S/C14H20BrNO5/c1-18-6-5-16-13(14(17)21-4)9-7-11(19-2)12(20-3)8-10(9)15/h7-8,13,16H,5-6H2,1-4H3. The lowest BCUT2D eigenvalue weighted by atomic mass is 10.1. The molecule has 118 valence electrons. The fraction of sp³-hybridized carbons (Fsp3) is 0.500. The molecule has 6 nitrogen and oxygen atoms in total. The first-order chi connectivity index (χ1) is 10.1. The molecule has 0 fully saturated rings. The van der Waals surface area contributed by atoms with Crippen LogP contribution in [0.15, 0.2) is 16.6 Å². The number of methoxy groups -OCH3 is 4. The number of benzene rings is 1. The monoisotopic (exact) mass is 361 g/mol. The predicted molar refractivity (Wildman–Crippen MR) is 81.9 cm³/mol. The van der Waals surface area contributed by atoms with Gasteiger partial charge in [-0.3, -0.25) is 5.32 Å². The van der Waals surface area contributed by atoms with Crippen LogP contribution < -0.4 is 14.8 Å². The van der Waals surface area contributed by atoms with Crippen LogP contribution in [0, 0.1) is 0 Å². The summed E-state index contributed by atoms with van der Waals surface area (Å²) in [5.41, 5.74) is 0.704. The summed E-state index contributed by atoms with van der Waals surface area (Å²) in [5, 5.41) is 3.09. The van der Waals surface area contributed by atoms with Crippen molar-refractivity contribution in [2.24, 2.45) is 0 Å². The minimum absolute atomic E-state index is 0.390. The highest BCUT2D eigenvalue weighted by Gasteiger charge is 2.25. The number of rotatable bonds is 8. The molecule has 0 heterocycles. The van der Waals surface area contributed by atoms with Crippen molar-refractivity contribution in [3.63, 3.8) is 0 Å². The Morgan fingerprint density at radius 1 is 1.19 bits per heavy atom. The molecule has 0 bridgehead atoms. The molecule has 7 heteroatoms. The summed E-state index contributed by atoms with van der Waals surface area (Å²) in [5.74, 6) is 0.728. The van der Waals surface area contributed by atoms with E-state index >= 15 is 0 Å². The van der Waals surface area contributed by atoms with Crippen LogP contribution >= 0.6 is 15.9 Å². The summed E-state index contributed by atoms with van der Waals surface area (Å²) in [6.07, 6.45) is 0. The van der Waals surface area contributed by atoms with Gasteiger partial charge in [0, 0.05) is 18.1 Å². The van der Waals surface area contributed by atoms with Crippen LogP contribution in [0.4, 0.5) is 0 Å². The molecule has 1 rings (SSSR count). The van der Waals surface area contributed by atoms with Gasteiger partial charge in [-0.15, -0.1) is 0 Å². The van der Waals surface area contributed by atoms with E-state index in [-0.39, 0.29) is 5.97 Å².